The number of amides is 16. The van der Waals surface area contributed by atoms with E-state index in [0.29, 0.717) is 75.3 Å². The summed E-state index contributed by atoms with van der Waals surface area (Å²) in [7, 11) is 5.14. The minimum atomic E-state index is -2.08. The Balaban J connectivity index is 1.12. The molecule has 0 bridgehead atoms. The number of aromatic nitrogens is 4. The Labute approximate surface area is 799 Å². The van der Waals surface area contributed by atoms with Gasteiger partial charge in [0, 0.05) is 125 Å². The molecule has 138 heavy (non-hydrogen) atoms. The summed E-state index contributed by atoms with van der Waals surface area (Å²) in [4.78, 5) is 294. The first-order valence-corrected chi connectivity index (χ1v) is 47.0. The highest BCUT2D eigenvalue weighted by molar-refractivity contribution is 8.00. The quantitative estimate of drug-likeness (QED) is 0.0229. The van der Waals surface area contributed by atoms with Gasteiger partial charge in [0.2, 0.25) is 94.5 Å². The number of ether oxygens (including phenoxy) is 1. The van der Waals surface area contributed by atoms with Gasteiger partial charge < -0.3 is 129 Å². The molecule has 3 aromatic carbocycles. The van der Waals surface area contributed by atoms with Gasteiger partial charge in [0.05, 0.1) is 44.7 Å². The first kappa shape index (κ1) is 108. The number of aliphatic hydroxyl groups is 1. The van der Waals surface area contributed by atoms with Crippen LogP contribution in [0.3, 0.4) is 0 Å². The maximum Gasteiger partial charge on any atom is 0.305 e. The number of aliphatic carboxylic acids is 3. The molecule has 6 aromatic rings. The number of H-pyrrole nitrogens is 3. The topological polar surface area (TPSA) is 663 Å². The van der Waals surface area contributed by atoms with E-state index in [4.69, 9.17) is 16.2 Å². The van der Waals surface area contributed by atoms with E-state index in [-0.39, 0.29) is 89.4 Å². The summed E-state index contributed by atoms with van der Waals surface area (Å²) < 4.78 is 5.33. The molecule has 0 aliphatic carbocycles. The fourth-order valence-electron chi connectivity index (χ4n) is 16.9. The first-order valence-electron chi connectivity index (χ1n) is 45.8. The van der Waals surface area contributed by atoms with E-state index >= 15 is 38.4 Å². The second-order valence-corrected chi connectivity index (χ2v) is 35.6. The minimum absolute atomic E-state index is 0.0717. The van der Waals surface area contributed by atoms with Gasteiger partial charge in [-0.25, -0.2) is 4.98 Å². The maximum atomic E-state index is 15.8. The van der Waals surface area contributed by atoms with Crippen molar-refractivity contribution in [2.75, 3.05) is 65.9 Å². The van der Waals surface area contributed by atoms with Crippen LogP contribution in [0.4, 0.5) is 0 Å². The van der Waals surface area contributed by atoms with Gasteiger partial charge in [-0.15, -0.1) is 11.8 Å². The third-order valence-corrected chi connectivity index (χ3v) is 25.7. The number of carbonyl (C=O) groups excluding carboxylic acids is 16. The van der Waals surface area contributed by atoms with Gasteiger partial charge in [-0.1, -0.05) is 88.1 Å². The van der Waals surface area contributed by atoms with Crippen molar-refractivity contribution >= 4 is 146 Å². The number of unbranched alkanes of at least 4 members (excludes halogenated alkanes) is 3. The number of benzene rings is 3. The standard InChI is InChI=1S/C92H125N21O24S/c1-8-10-24-70-85(129)101-61(31-32-76(117)118)81(125)108-69(80(124)98-45-74(94)115)47-138-48-75(116)100-66(35-51-27-29-56(137-7)30-28-51)88(132)109(4)50(3)79(123)106-68(41-78(121)122)91(135)112-34-18-26-71(112)86(130)105-64(38-54-44-95-49-99-54)83(127)102-62(23-16-17-33-93)90(134)113-46-55(114)39-73(113)87(131)104-63(36-52-42-96-59-21-14-12-19-57(52)59)82(126)103-65(40-77(119)120)84(128)107-67(37-53-43-97-60-22-15-13-20-58(53)60)89(133)111(6)72(25-11-9-2)92(136)110(70)5/h12-15,19-22,27-30,42-44,49-50,55,61-73,96-97,114H,8-11,16-18,23-26,31-41,45-48,93H2,1-7H3,(H2,94,115)(H,95,99)(H,98,124)(H,100,116)(H,101,129)(H,102,127)(H,103,126)(H,104,131)(H,105,130)(H,106,123)(H,107,128)(H,108,125)(H,117,118)(H,119,120)(H,121,122)/t50-,55+,61-,62-,63-,64-,65-,66-,67-,68+,69-,70-,71-,72-,73-/m0/s1. The Kier molecular flexibility index (Phi) is 40.4. The van der Waals surface area contributed by atoms with Crippen LogP contribution in [0, 0.1) is 0 Å². The van der Waals surface area contributed by atoms with E-state index in [2.05, 4.69) is 73.1 Å². The molecule has 3 aliphatic rings. The number of rotatable bonds is 29. The molecule has 0 saturated carbocycles. The van der Waals surface area contributed by atoms with E-state index in [9.17, 15) is 73.2 Å². The van der Waals surface area contributed by atoms with Crippen molar-refractivity contribution in [3.8, 4) is 5.75 Å². The highest BCUT2D eigenvalue weighted by Crippen LogP contribution is 2.28. The molecular formula is C92H125N21O24S. The SMILES string of the molecule is CCCC[C@H]1C(=O)N(C)[C@@H](CCCC)C(=O)N[C@@H](CCC(=O)O)C(=O)N[C@H](C(=O)NCC(N)=O)CSCC(=O)N[C@@H](Cc2ccc(OC)cc2)C(=O)N(C)[C@@H](C)C(=O)N[C@H](CC(=O)O)C(=O)N2CCC[C@H]2C(=O)N[C@@H](Cc2cnc[nH]2)C(=O)N[C@@H](CCCCN)C(=O)N2C[C@H](O)C[C@H]2C(=O)N[C@@H](Cc2c[nH]c3ccccc23)C(=O)N[C@@H](CC(=O)O)C(=O)N[C@@H](Cc2c[nH]c3ccccc23)C(=O)N1C. The van der Waals surface area contributed by atoms with Gasteiger partial charge in [-0.05, 0) is 106 Å². The van der Waals surface area contributed by atoms with Gasteiger partial charge in [0.15, 0.2) is 0 Å². The summed E-state index contributed by atoms with van der Waals surface area (Å²) in [6.45, 7) is 3.44. The predicted octanol–water partition coefficient (Wildman–Crippen LogP) is -1.86. The number of primary amides is 1. The number of hydrogen-bond donors (Lipinski definition) is 19. The van der Waals surface area contributed by atoms with Crippen LogP contribution in [0.5, 0.6) is 5.75 Å². The fraction of sp³-hybridized carbons (Fsp3) is 0.522. The highest BCUT2D eigenvalue weighted by Gasteiger charge is 2.47. The fourth-order valence-corrected chi connectivity index (χ4v) is 17.7. The van der Waals surface area contributed by atoms with Crippen LogP contribution in [0.2, 0.25) is 0 Å². The monoisotopic (exact) mass is 1940 g/mol. The van der Waals surface area contributed by atoms with E-state index < -0.39 is 266 Å². The number of hydrogen-bond acceptors (Lipinski definition) is 24. The van der Waals surface area contributed by atoms with Gasteiger partial charge in [0.1, 0.15) is 90.3 Å². The van der Waals surface area contributed by atoms with Crippen LogP contribution in [0.1, 0.15) is 146 Å². The number of aromatic amines is 3. The van der Waals surface area contributed by atoms with Gasteiger partial charge in [-0.2, -0.15) is 0 Å². The van der Waals surface area contributed by atoms with Crippen molar-refractivity contribution in [2.45, 2.75) is 240 Å². The molecule has 6 heterocycles. The number of fused-ring (bicyclic) bond motifs is 4. The van der Waals surface area contributed by atoms with Crippen molar-refractivity contribution < 1.29 is 116 Å². The van der Waals surface area contributed by atoms with Crippen molar-refractivity contribution in [3.63, 3.8) is 0 Å². The van der Waals surface area contributed by atoms with E-state index in [0.717, 1.165) is 24.5 Å². The lowest BCUT2D eigenvalue weighted by atomic mass is 9.99. The van der Waals surface area contributed by atoms with E-state index in [1.54, 1.807) is 99.0 Å². The van der Waals surface area contributed by atoms with Crippen molar-refractivity contribution in [3.05, 3.63) is 120 Å². The van der Waals surface area contributed by atoms with Crippen LogP contribution in [0.15, 0.2) is 97.7 Å². The van der Waals surface area contributed by atoms with Crippen LogP contribution < -0.4 is 69.4 Å². The number of likely N-dealkylation sites (N-methyl/N-ethyl adjacent to an activating group) is 3. The molecular weight excluding hydrogens is 1820 g/mol. The molecule has 3 fully saturated rings. The Hall–Kier alpha value is -14.1. The molecule has 21 N–H and O–H groups in total. The number of carboxylic acids is 3. The molecule has 3 aromatic heterocycles. The Bertz CT molecular complexity index is 5340. The van der Waals surface area contributed by atoms with Crippen LogP contribution in [-0.4, -0.2) is 334 Å². The smallest absolute Gasteiger partial charge is 0.305 e. The van der Waals surface area contributed by atoms with Crippen molar-refractivity contribution in [2.24, 2.45) is 11.5 Å². The number of nitrogens with one attached hydrogen (secondary N) is 13. The van der Waals surface area contributed by atoms with Gasteiger partial charge in [0.25, 0.3) is 0 Å². The third-order valence-electron chi connectivity index (χ3n) is 24.6. The summed E-state index contributed by atoms with van der Waals surface area (Å²) in [5, 5.41) is 69.3. The minimum Gasteiger partial charge on any atom is -0.497 e. The molecule has 0 unspecified atom stereocenters. The predicted molar refractivity (Wildman–Crippen MR) is 499 cm³/mol. The van der Waals surface area contributed by atoms with Crippen LogP contribution >= 0.6 is 11.8 Å². The summed E-state index contributed by atoms with van der Waals surface area (Å²) in [6.07, 6.45) is 0.385. The number of aliphatic hydroxyl groups excluding tert-OH is 1. The van der Waals surface area contributed by atoms with Crippen LogP contribution in [-0.2, 0) is 117 Å². The third kappa shape index (κ3) is 30.0. The Morgan fingerprint density at radius 2 is 1.05 bits per heavy atom. The first-order chi connectivity index (χ1) is 65.8. The van der Waals surface area contributed by atoms with Crippen molar-refractivity contribution in [1.29, 1.82) is 0 Å². The number of nitrogens with two attached hydrogens (primary N) is 2. The zero-order valence-corrected chi connectivity index (χ0v) is 78.8. The summed E-state index contributed by atoms with van der Waals surface area (Å²) in [6, 6.07) is -3.33. The number of methoxy groups -OCH3 is 1. The summed E-state index contributed by atoms with van der Waals surface area (Å²) >= 11 is 0.704. The van der Waals surface area contributed by atoms with E-state index in [1.165, 1.54) is 47.7 Å². The molecule has 45 nitrogen and oxygen atoms in total. The largest absolute Gasteiger partial charge is 0.497 e. The lowest BCUT2D eigenvalue weighted by molar-refractivity contribution is -0.149. The molecule has 3 aliphatic heterocycles. The molecule has 748 valence electrons. The average Bonchev–Trinajstić information content (AvgIpc) is 1.62. The Morgan fingerprint density at radius 1 is 0.522 bits per heavy atom. The zero-order valence-electron chi connectivity index (χ0n) is 78.0. The summed E-state index contributed by atoms with van der Waals surface area (Å²) in [5.41, 5.74) is 14.1. The van der Waals surface area contributed by atoms with E-state index in [1.807, 2.05) is 0 Å². The van der Waals surface area contributed by atoms with Gasteiger partial charge in [-0.3, -0.25) is 91.1 Å². The molecule has 15 atom stereocenters. The van der Waals surface area contributed by atoms with Crippen LogP contribution in [0.25, 0.3) is 21.8 Å². The average molecular weight is 1940 g/mol. The normalized spacial score (nSPS) is 24.4. The lowest BCUT2D eigenvalue weighted by Crippen LogP contribution is -2.61. The molecule has 0 radical (unpaired) electrons. The molecule has 3 saturated heterocycles. The molecule has 0 spiro atoms. The lowest BCUT2D eigenvalue weighted by Gasteiger charge is -2.36. The van der Waals surface area contributed by atoms with Gasteiger partial charge >= 0.3 is 17.9 Å². The number of para-hydroxylation sites is 2. The molecule has 9 rings (SSSR count). The Morgan fingerprint density at radius 3 is 1.64 bits per heavy atom. The zero-order chi connectivity index (χ0) is 101. The number of imidazole rings is 1. The second kappa shape index (κ2) is 51.8. The molecule has 16 amide bonds. The molecule has 46 heteroatoms. The number of carbonyl (C=O) groups is 19. The number of thioether (sulfide) groups is 1. The highest BCUT2D eigenvalue weighted by atomic mass is 32.2. The number of nitrogens with zero attached hydrogens (tertiary/aromatic N) is 6. The number of carboxylic acid groups (broad SMARTS) is 3. The van der Waals surface area contributed by atoms with Crippen molar-refractivity contribution in [1.82, 2.24) is 97.6 Å². The maximum absolute atomic E-state index is 15.8. The second-order valence-electron chi connectivity index (χ2n) is 34.6. The summed E-state index contributed by atoms with van der Waals surface area (Å²) in [5.74, 6) is -21.8.